The van der Waals surface area contributed by atoms with Crippen LogP contribution in [0, 0.1) is 11.3 Å². The van der Waals surface area contributed by atoms with Crippen molar-refractivity contribution in [3.8, 4) is 6.07 Å². The van der Waals surface area contributed by atoms with Gasteiger partial charge in [0.25, 0.3) is 0 Å². The Morgan fingerprint density at radius 1 is 1.92 bits per heavy atom. The van der Waals surface area contributed by atoms with E-state index in [0.717, 1.165) is 0 Å². The molecule has 1 heterocycles. The van der Waals surface area contributed by atoms with E-state index >= 15 is 0 Å². The molecule has 0 aliphatic carbocycles. The van der Waals surface area contributed by atoms with Crippen molar-refractivity contribution in [3.05, 3.63) is 17.4 Å². The van der Waals surface area contributed by atoms with Crippen LogP contribution in [0.1, 0.15) is 6.92 Å². The van der Waals surface area contributed by atoms with Crippen LogP contribution in [0.3, 0.4) is 0 Å². The summed E-state index contributed by atoms with van der Waals surface area (Å²) in [4.78, 5) is 0. The van der Waals surface area contributed by atoms with Crippen molar-refractivity contribution in [2.75, 3.05) is 0 Å². The average molecular weight is 185 g/mol. The molecule has 5 heteroatoms. The Bertz CT molecular complexity index is 309. The van der Waals surface area contributed by atoms with Gasteiger partial charge in [-0.15, -0.1) is 0 Å². The monoisotopic (exact) mass is 184 g/mol. The number of nitrogens with two attached hydrogens (primary N) is 1. The van der Waals surface area contributed by atoms with Gasteiger partial charge in [0, 0.05) is 6.20 Å². The molecule has 0 amide bonds. The normalized spacial score (nSPS) is 15.2. The van der Waals surface area contributed by atoms with Crippen LogP contribution < -0.4 is 5.73 Å². The van der Waals surface area contributed by atoms with Gasteiger partial charge in [-0.25, -0.2) is 0 Å². The van der Waals surface area contributed by atoms with E-state index < -0.39 is 5.54 Å². The second kappa shape index (κ2) is 3.13. The molecule has 0 fully saturated rings. The van der Waals surface area contributed by atoms with Gasteiger partial charge in [-0.05, 0) is 6.92 Å². The maximum absolute atomic E-state index is 8.61. The Morgan fingerprint density at radius 2 is 2.58 bits per heavy atom. The van der Waals surface area contributed by atoms with Crippen LogP contribution in [0.4, 0.5) is 0 Å². The summed E-state index contributed by atoms with van der Waals surface area (Å²) in [5.41, 5.74) is 4.70. The van der Waals surface area contributed by atoms with Crippen LogP contribution in [0.5, 0.6) is 0 Å². The first-order valence-corrected chi connectivity index (χ1v) is 3.79. The largest absolute Gasteiger partial charge is 0.312 e. The number of nitriles is 1. The van der Waals surface area contributed by atoms with Crippen LogP contribution in [-0.4, -0.2) is 15.3 Å². The zero-order chi connectivity index (χ0) is 9.19. The van der Waals surface area contributed by atoms with Crippen molar-refractivity contribution >= 4 is 11.6 Å². The molecule has 0 aromatic carbocycles. The van der Waals surface area contributed by atoms with Crippen LogP contribution in [0.25, 0.3) is 0 Å². The van der Waals surface area contributed by atoms with Crippen molar-refractivity contribution in [1.82, 2.24) is 9.78 Å². The molecule has 64 valence electrons. The highest BCUT2D eigenvalue weighted by Crippen LogP contribution is 2.07. The highest BCUT2D eigenvalue weighted by molar-refractivity contribution is 6.30. The van der Waals surface area contributed by atoms with E-state index in [1.54, 1.807) is 17.8 Å². The standard InChI is InChI=1S/C7H9ClN4/c1-7(10,4-9)5-12-3-6(8)2-11-12/h2-3H,5,10H2,1H3. The fourth-order valence-corrected chi connectivity index (χ4v) is 0.953. The molecule has 0 saturated heterocycles. The van der Waals surface area contributed by atoms with Crippen molar-refractivity contribution in [1.29, 1.82) is 5.26 Å². The lowest BCUT2D eigenvalue weighted by molar-refractivity contribution is 0.459. The third kappa shape index (κ3) is 2.22. The van der Waals surface area contributed by atoms with Crippen LogP contribution >= 0.6 is 11.6 Å². The van der Waals surface area contributed by atoms with E-state index in [0.29, 0.717) is 11.6 Å². The van der Waals surface area contributed by atoms with Crippen LogP contribution in [0.2, 0.25) is 5.02 Å². The number of nitrogens with zero attached hydrogens (tertiary/aromatic N) is 3. The maximum atomic E-state index is 8.61. The van der Waals surface area contributed by atoms with Gasteiger partial charge in [-0.2, -0.15) is 10.4 Å². The lowest BCUT2D eigenvalue weighted by Gasteiger charge is -2.14. The molecule has 1 aromatic rings. The number of halogens is 1. The van der Waals surface area contributed by atoms with Gasteiger partial charge in [0.15, 0.2) is 0 Å². The van der Waals surface area contributed by atoms with Crippen LogP contribution in [0.15, 0.2) is 12.4 Å². The topological polar surface area (TPSA) is 67.6 Å². The minimum absolute atomic E-state index is 0.343. The number of hydrogen-bond donors (Lipinski definition) is 1. The lowest BCUT2D eigenvalue weighted by Crippen LogP contribution is -2.39. The fraction of sp³-hybridized carbons (Fsp3) is 0.429. The highest BCUT2D eigenvalue weighted by Gasteiger charge is 2.18. The summed E-state index contributed by atoms with van der Waals surface area (Å²) >= 11 is 5.63. The molecule has 1 aromatic heterocycles. The van der Waals surface area contributed by atoms with Gasteiger partial charge in [0.2, 0.25) is 0 Å². The Balaban J connectivity index is 2.72. The summed E-state index contributed by atoms with van der Waals surface area (Å²) in [6.07, 6.45) is 3.14. The molecule has 1 unspecified atom stereocenters. The molecular formula is C7H9ClN4. The smallest absolute Gasteiger partial charge is 0.121 e. The average Bonchev–Trinajstić information content (AvgIpc) is 2.35. The van der Waals surface area contributed by atoms with E-state index in [1.807, 2.05) is 6.07 Å². The predicted molar refractivity (Wildman–Crippen MR) is 45.4 cm³/mol. The molecule has 12 heavy (non-hydrogen) atoms. The minimum Gasteiger partial charge on any atom is -0.312 e. The van der Waals surface area contributed by atoms with Gasteiger partial charge < -0.3 is 5.73 Å². The zero-order valence-corrected chi connectivity index (χ0v) is 7.41. The number of rotatable bonds is 2. The van der Waals surface area contributed by atoms with E-state index in [4.69, 9.17) is 22.6 Å². The summed E-state index contributed by atoms with van der Waals surface area (Å²) in [6, 6.07) is 1.97. The third-order valence-corrected chi connectivity index (χ3v) is 1.54. The van der Waals surface area contributed by atoms with Crippen LogP contribution in [-0.2, 0) is 6.54 Å². The number of aromatic nitrogens is 2. The predicted octanol–water partition coefficient (Wildman–Crippen LogP) is 0.777. The molecule has 0 bridgehead atoms. The van der Waals surface area contributed by atoms with E-state index in [9.17, 15) is 0 Å². The second-order valence-electron chi connectivity index (χ2n) is 2.89. The first kappa shape index (κ1) is 9.04. The summed E-state index contributed by atoms with van der Waals surface area (Å²) in [5.74, 6) is 0. The van der Waals surface area contributed by atoms with E-state index in [2.05, 4.69) is 5.10 Å². The van der Waals surface area contributed by atoms with Gasteiger partial charge in [0.05, 0.1) is 23.8 Å². The van der Waals surface area contributed by atoms with Gasteiger partial charge >= 0.3 is 0 Å². The molecular weight excluding hydrogens is 176 g/mol. The second-order valence-corrected chi connectivity index (χ2v) is 3.32. The molecule has 0 aliphatic rings. The third-order valence-electron chi connectivity index (χ3n) is 1.35. The maximum Gasteiger partial charge on any atom is 0.121 e. The Labute approximate surface area is 75.5 Å². The molecule has 0 saturated carbocycles. The quantitative estimate of drug-likeness (QED) is 0.739. The van der Waals surface area contributed by atoms with Crippen molar-refractivity contribution < 1.29 is 0 Å². The van der Waals surface area contributed by atoms with Gasteiger partial charge in [0.1, 0.15) is 5.54 Å². The molecule has 0 spiro atoms. The SMILES string of the molecule is CC(N)(C#N)Cn1cc(Cl)cn1. The Morgan fingerprint density at radius 3 is 3.00 bits per heavy atom. The molecule has 1 rings (SSSR count). The first-order chi connectivity index (χ1) is 5.53. The molecule has 2 N–H and O–H groups in total. The minimum atomic E-state index is -0.894. The summed E-state index contributed by atoms with van der Waals surface area (Å²) < 4.78 is 1.55. The first-order valence-electron chi connectivity index (χ1n) is 3.41. The summed E-state index contributed by atoms with van der Waals surface area (Å²) in [5, 5.41) is 13.1. The zero-order valence-electron chi connectivity index (χ0n) is 6.66. The summed E-state index contributed by atoms with van der Waals surface area (Å²) in [7, 11) is 0. The van der Waals surface area contributed by atoms with Crippen molar-refractivity contribution in [2.45, 2.75) is 19.0 Å². The molecule has 0 aliphatic heterocycles. The van der Waals surface area contributed by atoms with Crippen molar-refractivity contribution in [3.63, 3.8) is 0 Å². The number of hydrogen-bond acceptors (Lipinski definition) is 3. The fourth-order valence-electron chi connectivity index (χ4n) is 0.797. The highest BCUT2D eigenvalue weighted by atomic mass is 35.5. The lowest BCUT2D eigenvalue weighted by atomic mass is 10.1. The van der Waals surface area contributed by atoms with Crippen molar-refractivity contribution in [2.24, 2.45) is 5.73 Å². The molecule has 0 radical (unpaired) electrons. The van der Waals surface area contributed by atoms with E-state index in [-0.39, 0.29) is 0 Å². The molecule has 4 nitrogen and oxygen atoms in total. The van der Waals surface area contributed by atoms with Gasteiger partial charge in [-0.1, -0.05) is 11.6 Å². The van der Waals surface area contributed by atoms with E-state index in [1.165, 1.54) is 6.20 Å². The Hall–Kier alpha value is -1.05. The molecule has 1 atom stereocenters. The van der Waals surface area contributed by atoms with Gasteiger partial charge in [-0.3, -0.25) is 4.68 Å². The summed E-state index contributed by atoms with van der Waals surface area (Å²) in [6.45, 7) is 1.98. The Kier molecular flexibility index (Phi) is 2.36.